The number of unbranched alkanes of at least 4 members (excludes halogenated alkanes) is 1. The molecule has 1 heterocycles. The first-order chi connectivity index (χ1) is 8.58. The number of nitrogens with zero attached hydrogens (tertiary/aromatic N) is 1. The van der Waals surface area contributed by atoms with Crippen LogP contribution in [0.5, 0.6) is 0 Å². The fraction of sp³-hybridized carbons (Fsp3) is 0.929. The predicted octanol–water partition coefficient (Wildman–Crippen LogP) is 1.65. The summed E-state index contributed by atoms with van der Waals surface area (Å²) < 4.78 is 4.90. The first-order valence-electron chi connectivity index (χ1n) is 7.10. The molecular weight excluding hydrogens is 228 g/mol. The van der Waals surface area contributed by atoms with Crippen LogP contribution in [0.4, 0.5) is 0 Å². The summed E-state index contributed by atoms with van der Waals surface area (Å²) in [5, 5.41) is 3.51. The van der Waals surface area contributed by atoms with E-state index in [4.69, 9.17) is 4.74 Å². The van der Waals surface area contributed by atoms with E-state index in [0.29, 0.717) is 12.0 Å². The summed E-state index contributed by atoms with van der Waals surface area (Å²) in [6, 6.07) is 0.299. The number of esters is 1. The molecular formula is C14H28N2O2. The molecule has 4 heteroatoms. The lowest BCUT2D eigenvalue weighted by molar-refractivity contribution is -0.143. The Kier molecular flexibility index (Phi) is 6.65. The minimum absolute atomic E-state index is 0.116. The molecule has 18 heavy (non-hydrogen) atoms. The molecule has 1 aliphatic rings. The van der Waals surface area contributed by atoms with Gasteiger partial charge in [0.2, 0.25) is 0 Å². The molecule has 3 atom stereocenters. The molecule has 0 aromatic heterocycles. The van der Waals surface area contributed by atoms with E-state index in [2.05, 4.69) is 31.1 Å². The van der Waals surface area contributed by atoms with Crippen molar-refractivity contribution in [1.82, 2.24) is 10.2 Å². The minimum Gasteiger partial charge on any atom is -0.468 e. The number of nitrogens with one attached hydrogen (secondary N) is 1. The lowest BCUT2D eigenvalue weighted by Crippen LogP contribution is -2.52. The Morgan fingerprint density at radius 3 is 2.83 bits per heavy atom. The summed E-state index contributed by atoms with van der Waals surface area (Å²) in [5.41, 5.74) is 0. The van der Waals surface area contributed by atoms with Crippen LogP contribution in [0, 0.1) is 5.92 Å². The second-order valence-electron chi connectivity index (χ2n) is 5.52. The van der Waals surface area contributed by atoms with Crippen LogP contribution in [-0.4, -0.2) is 50.2 Å². The quantitative estimate of drug-likeness (QED) is 0.734. The summed E-state index contributed by atoms with van der Waals surface area (Å²) in [6.07, 6.45) is 4.16. The molecule has 4 nitrogen and oxygen atoms in total. The first-order valence-corrected chi connectivity index (χ1v) is 7.10. The van der Waals surface area contributed by atoms with Crippen LogP contribution in [0.25, 0.3) is 0 Å². The summed E-state index contributed by atoms with van der Waals surface area (Å²) in [6.45, 7) is 6.59. The number of carbonyl (C=O) groups is 1. The molecule has 1 saturated heterocycles. The van der Waals surface area contributed by atoms with Gasteiger partial charge in [-0.1, -0.05) is 26.7 Å². The zero-order chi connectivity index (χ0) is 13.5. The molecule has 0 aromatic rings. The number of rotatable bonds is 6. The van der Waals surface area contributed by atoms with Gasteiger partial charge < -0.3 is 15.0 Å². The Balaban J connectivity index is 2.51. The van der Waals surface area contributed by atoms with Gasteiger partial charge in [-0.15, -0.1) is 0 Å². The summed E-state index contributed by atoms with van der Waals surface area (Å²) in [7, 11) is 3.63. The van der Waals surface area contributed by atoms with Crippen LogP contribution < -0.4 is 5.32 Å². The van der Waals surface area contributed by atoms with Crippen molar-refractivity contribution in [3.8, 4) is 0 Å². The molecule has 1 aliphatic heterocycles. The third-order valence-electron chi connectivity index (χ3n) is 3.86. The second-order valence-corrected chi connectivity index (χ2v) is 5.52. The zero-order valence-electron chi connectivity index (χ0n) is 12.2. The van der Waals surface area contributed by atoms with E-state index in [0.717, 1.165) is 38.8 Å². The van der Waals surface area contributed by atoms with Gasteiger partial charge in [-0.2, -0.15) is 0 Å². The Morgan fingerprint density at radius 1 is 1.56 bits per heavy atom. The number of carbonyl (C=O) groups excluding carboxylic acids is 1. The maximum absolute atomic E-state index is 11.8. The smallest absolute Gasteiger partial charge is 0.322 e. The maximum Gasteiger partial charge on any atom is 0.322 e. The highest BCUT2D eigenvalue weighted by atomic mass is 16.5. The van der Waals surface area contributed by atoms with Gasteiger partial charge in [0.1, 0.15) is 6.04 Å². The fourth-order valence-corrected chi connectivity index (χ4v) is 2.68. The van der Waals surface area contributed by atoms with Gasteiger partial charge in [-0.25, -0.2) is 0 Å². The highest BCUT2D eigenvalue weighted by molar-refractivity contribution is 5.75. The average Bonchev–Trinajstić information content (AvgIpc) is 2.36. The van der Waals surface area contributed by atoms with E-state index >= 15 is 0 Å². The van der Waals surface area contributed by atoms with E-state index in [1.807, 2.05) is 0 Å². The van der Waals surface area contributed by atoms with E-state index in [9.17, 15) is 4.79 Å². The van der Waals surface area contributed by atoms with Gasteiger partial charge in [0, 0.05) is 12.6 Å². The number of ether oxygens (including phenoxy) is 1. The largest absolute Gasteiger partial charge is 0.468 e. The highest BCUT2D eigenvalue weighted by Gasteiger charge is 2.28. The van der Waals surface area contributed by atoms with Gasteiger partial charge in [0.15, 0.2) is 0 Å². The highest BCUT2D eigenvalue weighted by Crippen LogP contribution is 2.17. The standard InChI is InChI=1S/C14H28N2O2/c1-5-6-7-13(14(17)18-4)15-12-8-9-16(3)10-11(12)2/h11-13,15H,5-10H2,1-4H3. The van der Waals surface area contributed by atoms with Crippen molar-refractivity contribution in [2.75, 3.05) is 27.2 Å². The van der Waals surface area contributed by atoms with Crippen LogP contribution in [0.2, 0.25) is 0 Å². The molecule has 106 valence electrons. The van der Waals surface area contributed by atoms with Crippen molar-refractivity contribution in [3.05, 3.63) is 0 Å². The van der Waals surface area contributed by atoms with E-state index in [1.165, 1.54) is 7.11 Å². The molecule has 3 unspecified atom stereocenters. The molecule has 0 spiro atoms. The Labute approximate surface area is 111 Å². The Hall–Kier alpha value is -0.610. The van der Waals surface area contributed by atoms with Crippen molar-refractivity contribution in [1.29, 1.82) is 0 Å². The number of hydrogen-bond acceptors (Lipinski definition) is 4. The predicted molar refractivity (Wildman–Crippen MR) is 73.5 cm³/mol. The summed E-state index contributed by atoms with van der Waals surface area (Å²) in [5.74, 6) is 0.465. The molecule has 0 bridgehead atoms. The molecule has 0 radical (unpaired) electrons. The van der Waals surface area contributed by atoms with Crippen LogP contribution in [-0.2, 0) is 9.53 Å². The monoisotopic (exact) mass is 256 g/mol. The number of likely N-dealkylation sites (tertiary alicyclic amines) is 1. The number of methoxy groups -OCH3 is 1. The maximum atomic E-state index is 11.8. The lowest BCUT2D eigenvalue weighted by Gasteiger charge is -2.37. The number of hydrogen-bond donors (Lipinski definition) is 1. The van der Waals surface area contributed by atoms with Crippen molar-refractivity contribution < 1.29 is 9.53 Å². The third kappa shape index (κ3) is 4.58. The van der Waals surface area contributed by atoms with E-state index in [1.54, 1.807) is 0 Å². The van der Waals surface area contributed by atoms with Crippen LogP contribution in [0.15, 0.2) is 0 Å². The molecule has 0 aromatic carbocycles. The number of piperidine rings is 1. The normalized spacial score (nSPS) is 26.9. The van der Waals surface area contributed by atoms with E-state index in [-0.39, 0.29) is 12.0 Å². The lowest BCUT2D eigenvalue weighted by atomic mass is 9.93. The molecule has 1 fully saturated rings. The topological polar surface area (TPSA) is 41.6 Å². The molecule has 0 saturated carbocycles. The fourth-order valence-electron chi connectivity index (χ4n) is 2.68. The summed E-state index contributed by atoms with van der Waals surface area (Å²) in [4.78, 5) is 14.1. The van der Waals surface area contributed by atoms with Crippen LogP contribution >= 0.6 is 0 Å². The van der Waals surface area contributed by atoms with Crippen LogP contribution in [0.1, 0.15) is 39.5 Å². The summed E-state index contributed by atoms with van der Waals surface area (Å²) >= 11 is 0. The van der Waals surface area contributed by atoms with Gasteiger partial charge in [0.25, 0.3) is 0 Å². The first kappa shape index (κ1) is 15.4. The van der Waals surface area contributed by atoms with Gasteiger partial charge in [0.05, 0.1) is 7.11 Å². The molecule has 0 amide bonds. The second kappa shape index (κ2) is 7.74. The Bertz CT molecular complexity index is 258. The Morgan fingerprint density at radius 2 is 2.28 bits per heavy atom. The van der Waals surface area contributed by atoms with Crippen molar-refractivity contribution >= 4 is 5.97 Å². The van der Waals surface area contributed by atoms with Gasteiger partial charge >= 0.3 is 5.97 Å². The molecule has 1 rings (SSSR count). The average molecular weight is 256 g/mol. The van der Waals surface area contributed by atoms with E-state index < -0.39 is 0 Å². The SMILES string of the molecule is CCCCC(NC1CCN(C)CC1C)C(=O)OC. The zero-order valence-corrected chi connectivity index (χ0v) is 12.2. The minimum atomic E-state index is -0.134. The molecule has 0 aliphatic carbocycles. The van der Waals surface area contributed by atoms with Crippen molar-refractivity contribution in [2.45, 2.75) is 51.6 Å². The van der Waals surface area contributed by atoms with Gasteiger partial charge in [-0.3, -0.25) is 4.79 Å². The molecule has 1 N–H and O–H groups in total. The van der Waals surface area contributed by atoms with Crippen LogP contribution in [0.3, 0.4) is 0 Å². The third-order valence-corrected chi connectivity index (χ3v) is 3.86. The van der Waals surface area contributed by atoms with Crippen molar-refractivity contribution in [3.63, 3.8) is 0 Å². The van der Waals surface area contributed by atoms with Crippen molar-refractivity contribution in [2.24, 2.45) is 5.92 Å². The van der Waals surface area contributed by atoms with Gasteiger partial charge in [-0.05, 0) is 32.4 Å².